The first-order valence-electron chi connectivity index (χ1n) is 5.60. The summed E-state index contributed by atoms with van der Waals surface area (Å²) in [7, 11) is 1.85. The van der Waals surface area contributed by atoms with Crippen LogP contribution in [-0.2, 0) is 4.79 Å². The number of carbonyl (C=O) groups excluding carboxylic acids is 1. The maximum absolute atomic E-state index is 12.3. The molecule has 1 amide bonds. The van der Waals surface area contributed by atoms with E-state index >= 15 is 0 Å². The fraction of sp³-hybridized carbons (Fsp3) is 0.583. The SMILES string of the molecule is CC1C=CC(F)=CN1C.O=CN1CCCC1. The Morgan fingerprint density at radius 3 is 2.44 bits per heavy atom. The van der Waals surface area contributed by atoms with Crippen LogP contribution in [0.3, 0.4) is 0 Å². The minimum absolute atomic E-state index is 0.171. The summed E-state index contributed by atoms with van der Waals surface area (Å²) in [5, 5.41) is 0. The van der Waals surface area contributed by atoms with Gasteiger partial charge in [-0.25, -0.2) is 4.39 Å². The summed E-state index contributed by atoms with van der Waals surface area (Å²) in [5.41, 5.74) is 0. The van der Waals surface area contributed by atoms with Crippen LogP contribution in [0.25, 0.3) is 0 Å². The first-order chi connectivity index (χ1) is 7.63. The van der Waals surface area contributed by atoms with E-state index in [1.165, 1.54) is 25.1 Å². The topological polar surface area (TPSA) is 23.6 Å². The zero-order valence-electron chi connectivity index (χ0n) is 9.90. The Labute approximate surface area is 96.2 Å². The van der Waals surface area contributed by atoms with E-state index in [2.05, 4.69) is 0 Å². The van der Waals surface area contributed by atoms with Crippen molar-refractivity contribution in [3.63, 3.8) is 0 Å². The molecule has 2 aliphatic heterocycles. The van der Waals surface area contributed by atoms with Gasteiger partial charge in [-0.1, -0.05) is 6.08 Å². The third-order valence-corrected chi connectivity index (χ3v) is 2.79. The van der Waals surface area contributed by atoms with Crippen molar-refractivity contribution in [2.75, 3.05) is 20.1 Å². The highest BCUT2D eigenvalue weighted by Gasteiger charge is 2.07. The third-order valence-electron chi connectivity index (χ3n) is 2.79. The van der Waals surface area contributed by atoms with Crippen LogP contribution in [0.2, 0.25) is 0 Å². The van der Waals surface area contributed by atoms with E-state index in [0.29, 0.717) is 6.04 Å². The monoisotopic (exact) mass is 226 g/mol. The Hall–Kier alpha value is -1.32. The van der Waals surface area contributed by atoms with E-state index in [0.717, 1.165) is 19.5 Å². The molecule has 3 nitrogen and oxygen atoms in total. The van der Waals surface area contributed by atoms with Crippen LogP contribution in [-0.4, -0.2) is 42.4 Å². The summed E-state index contributed by atoms with van der Waals surface area (Å²) in [4.78, 5) is 13.6. The van der Waals surface area contributed by atoms with Crippen molar-refractivity contribution < 1.29 is 9.18 Å². The number of amides is 1. The number of hydrogen-bond acceptors (Lipinski definition) is 2. The number of allylic oxidation sites excluding steroid dienone is 2. The lowest BCUT2D eigenvalue weighted by Gasteiger charge is -2.22. The van der Waals surface area contributed by atoms with Crippen molar-refractivity contribution >= 4 is 6.41 Å². The highest BCUT2D eigenvalue weighted by atomic mass is 19.1. The molecule has 1 fully saturated rings. The molecule has 0 bridgehead atoms. The maximum Gasteiger partial charge on any atom is 0.209 e. The number of hydrogen-bond donors (Lipinski definition) is 0. The molecule has 0 aromatic carbocycles. The molecule has 1 saturated heterocycles. The van der Waals surface area contributed by atoms with Gasteiger partial charge in [0.1, 0.15) is 5.83 Å². The number of nitrogens with zero attached hydrogens (tertiary/aromatic N) is 2. The van der Waals surface area contributed by atoms with Gasteiger partial charge >= 0.3 is 0 Å². The highest BCUT2D eigenvalue weighted by molar-refractivity contribution is 5.47. The summed E-state index contributed by atoms with van der Waals surface area (Å²) >= 11 is 0. The fourth-order valence-electron chi connectivity index (χ4n) is 1.57. The van der Waals surface area contributed by atoms with Crippen molar-refractivity contribution in [3.8, 4) is 0 Å². The molecule has 90 valence electrons. The molecule has 0 spiro atoms. The van der Waals surface area contributed by atoms with Crippen LogP contribution in [0.5, 0.6) is 0 Å². The lowest BCUT2D eigenvalue weighted by Crippen LogP contribution is -2.23. The van der Waals surface area contributed by atoms with E-state index in [4.69, 9.17) is 0 Å². The van der Waals surface area contributed by atoms with Gasteiger partial charge in [0, 0.05) is 32.4 Å². The average molecular weight is 226 g/mol. The molecule has 4 heteroatoms. The van der Waals surface area contributed by atoms with E-state index in [1.54, 1.807) is 4.90 Å². The smallest absolute Gasteiger partial charge is 0.209 e. The van der Waals surface area contributed by atoms with Gasteiger partial charge in [-0.15, -0.1) is 0 Å². The van der Waals surface area contributed by atoms with Crippen LogP contribution in [0, 0.1) is 0 Å². The Bertz CT molecular complexity index is 283. The van der Waals surface area contributed by atoms with E-state index in [1.807, 2.05) is 24.9 Å². The molecule has 0 aromatic rings. The van der Waals surface area contributed by atoms with Gasteiger partial charge in [-0.2, -0.15) is 0 Å². The van der Waals surface area contributed by atoms with Crippen molar-refractivity contribution in [3.05, 3.63) is 24.2 Å². The average Bonchev–Trinajstić information content (AvgIpc) is 2.77. The Morgan fingerprint density at radius 1 is 1.44 bits per heavy atom. The van der Waals surface area contributed by atoms with Gasteiger partial charge in [0.05, 0.1) is 0 Å². The number of likely N-dealkylation sites (tertiary alicyclic amines) is 1. The third kappa shape index (κ3) is 4.04. The molecule has 0 aromatic heterocycles. The Kier molecular flexibility index (Phi) is 5.02. The van der Waals surface area contributed by atoms with Gasteiger partial charge in [0.2, 0.25) is 6.41 Å². The van der Waals surface area contributed by atoms with Gasteiger partial charge in [0.15, 0.2) is 0 Å². The summed E-state index contributed by atoms with van der Waals surface area (Å²) in [6, 6.07) is 0.324. The first kappa shape index (κ1) is 12.7. The quantitative estimate of drug-likeness (QED) is 0.638. The second kappa shape index (κ2) is 6.30. The molecular weight excluding hydrogens is 207 g/mol. The molecule has 2 heterocycles. The summed E-state index contributed by atoms with van der Waals surface area (Å²) in [5.74, 6) is -0.171. The predicted octanol–water partition coefficient (Wildman–Crippen LogP) is 1.93. The molecule has 0 saturated carbocycles. The normalized spacial score (nSPS) is 23.7. The largest absolute Gasteiger partial charge is 0.372 e. The predicted molar refractivity (Wildman–Crippen MR) is 62.4 cm³/mol. The molecule has 0 N–H and O–H groups in total. The summed E-state index contributed by atoms with van der Waals surface area (Å²) in [6.45, 7) is 3.96. The van der Waals surface area contributed by atoms with Crippen LogP contribution < -0.4 is 0 Å². The van der Waals surface area contributed by atoms with Crippen LogP contribution in [0.15, 0.2) is 24.2 Å². The number of carbonyl (C=O) groups is 1. The number of likely N-dealkylation sites (N-methyl/N-ethyl adjacent to an activating group) is 1. The van der Waals surface area contributed by atoms with E-state index in [9.17, 15) is 9.18 Å². The van der Waals surface area contributed by atoms with Crippen molar-refractivity contribution in [1.82, 2.24) is 9.80 Å². The van der Waals surface area contributed by atoms with Crippen molar-refractivity contribution in [2.45, 2.75) is 25.8 Å². The zero-order valence-corrected chi connectivity index (χ0v) is 9.90. The first-order valence-corrected chi connectivity index (χ1v) is 5.60. The van der Waals surface area contributed by atoms with Gasteiger partial charge in [-0.05, 0) is 25.8 Å². The molecule has 1 atom stereocenters. The highest BCUT2D eigenvalue weighted by Crippen LogP contribution is 2.11. The van der Waals surface area contributed by atoms with Crippen LogP contribution in [0.4, 0.5) is 4.39 Å². The number of halogens is 1. The van der Waals surface area contributed by atoms with E-state index < -0.39 is 0 Å². The second-order valence-electron chi connectivity index (χ2n) is 4.13. The molecular formula is C12H19FN2O. The molecule has 0 aliphatic carbocycles. The van der Waals surface area contributed by atoms with Gasteiger partial charge in [-0.3, -0.25) is 4.79 Å². The maximum atomic E-state index is 12.3. The van der Waals surface area contributed by atoms with Gasteiger partial charge in [0.25, 0.3) is 0 Å². The standard InChI is InChI=1S/C7H10FN.C5H9NO/c1-6-3-4-7(8)5-9(6)2;7-5-6-3-1-2-4-6/h3-6H,1-2H3;5H,1-4H2. The molecule has 0 radical (unpaired) electrons. The summed E-state index contributed by atoms with van der Waals surface area (Å²) < 4.78 is 12.3. The molecule has 2 aliphatic rings. The molecule has 1 unspecified atom stereocenters. The second-order valence-corrected chi connectivity index (χ2v) is 4.13. The molecule has 16 heavy (non-hydrogen) atoms. The van der Waals surface area contributed by atoms with Crippen LogP contribution in [0.1, 0.15) is 19.8 Å². The zero-order chi connectivity index (χ0) is 12.0. The Balaban J connectivity index is 0.000000165. The van der Waals surface area contributed by atoms with E-state index in [-0.39, 0.29) is 5.83 Å². The Morgan fingerprint density at radius 2 is 2.06 bits per heavy atom. The fourth-order valence-corrected chi connectivity index (χ4v) is 1.57. The molecule has 2 rings (SSSR count). The van der Waals surface area contributed by atoms with Crippen molar-refractivity contribution in [2.24, 2.45) is 0 Å². The lowest BCUT2D eigenvalue weighted by molar-refractivity contribution is -0.117. The summed E-state index contributed by atoms with van der Waals surface area (Å²) in [6.07, 6.45) is 8.12. The van der Waals surface area contributed by atoms with Crippen LogP contribution >= 0.6 is 0 Å². The van der Waals surface area contributed by atoms with Gasteiger partial charge < -0.3 is 9.80 Å². The minimum Gasteiger partial charge on any atom is -0.372 e. The lowest BCUT2D eigenvalue weighted by atomic mass is 10.2. The van der Waals surface area contributed by atoms with Crippen molar-refractivity contribution in [1.29, 1.82) is 0 Å². The minimum atomic E-state index is -0.171. The number of rotatable bonds is 1.